The third kappa shape index (κ3) is 3.15. The molecular formula is C18H21N3O4. The lowest BCUT2D eigenvalue weighted by Gasteiger charge is -2.32. The van der Waals surface area contributed by atoms with Crippen LogP contribution >= 0.6 is 0 Å². The number of hydrogen-bond acceptors (Lipinski definition) is 4. The van der Waals surface area contributed by atoms with E-state index in [4.69, 9.17) is 4.74 Å². The summed E-state index contributed by atoms with van der Waals surface area (Å²) in [5.74, 6) is -1.39. The number of nitrogens with zero attached hydrogens (tertiary/aromatic N) is 3. The normalized spacial score (nSPS) is 17.6. The van der Waals surface area contributed by atoms with Crippen LogP contribution in [-0.4, -0.2) is 57.5 Å². The van der Waals surface area contributed by atoms with Gasteiger partial charge in [-0.3, -0.25) is 4.79 Å². The minimum Gasteiger partial charge on any atom is -0.480 e. The highest BCUT2D eigenvalue weighted by Gasteiger charge is 2.34. The smallest absolute Gasteiger partial charge is 0.328 e. The minimum absolute atomic E-state index is 0.00520. The van der Waals surface area contributed by atoms with E-state index in [1.54, 1.807) is 4.68 Å². The van der Waals surface area contributed by atoms with Gasteiger partial charge in [0.2, 0.25) is 0 Å². The van der Waals surface area contributed by atoms with Crippen LogP contribution in [0.5, 0.6) is 0 Å². The molecule has 0 saturated carbocycles. The van der Waals surface area contributed by atoms with Crippen molar-refractivity contribution in [1.29, 1.82) is 0 Å². The maximum atomic E-state index is 12.9. The molecule has 1 aliphatic rings. The lowest BCUT2D eigenvalue weighted by molar-refractivity contribution is -0.147. The molecule has 1 aromatic heterocycles. The SMILES string of the molecule is Cc1ccc(C)c(-n2ncc(C(=O)N3CCOCC3C(=O)O)c2C)c1. The Morgan fingerprint density at radius 3 is 2.76 bits per heavy atom. The molecule has 2 heterocycles. The monoisotopic (exact) mass is 343 g/mol. The maximum absolute atomic E-state index is 12.9. The van der Waals surface area contributed by atoms with Crippen molar-refractivity contribution in [2.75, 3.05) is 19.8 Å². The summed E-state index contributed by atoms with van der Waals surface area (Å²) in [5, 5.41) is 13.7. The second kappa shape index (κ2) is 6.68. The summed E-state index contributed by atoms with van der Waals surface area (Å²) in [6.45, 7) is 6.39. The molecule has 1 saturated heterocycles. The summed E-state index contributed by atoms with van der Waals surface area (Å²) < 4.78 is 6.93. The molecule has 132 valence electrons. The van der Waals surface area contributed by atoms with Crippen LogP contribution in [-0.2, 0) is 9.53 Å². The minimum atomic E-state index is -1.06. The quantitative estimate of drug-likeness (QED) is 0.917. The molecule has 1 N–H and O–H groups in total. The number of rotatable bonds is 3. The van der Waals surface area contributed by atoms with Gasteiger partial charge in [-0.15, -0.1) is 0 Å². The predicted molar refractivity (Wildman–Crippen MR) is 91.1 cm³/mol. The molecule has 0 spiro atoms. The number of carboxylic acid groups (broad SMARTS) is 1. The summed E-state index contributed by atoms with van der Waals surface area (Å²) in [5.41, 5.74) is 4.16. The third-order valence-corrected chi connectivity index (χ3v) is 4.51. The van der Waals surface area contributed by atoms with Crippen molar-refractivity contribution in [2.24, 2.45) is 0 Å². The first-order chi connectivity index (χ1) is 11.9. The first-order valence-electron chi connectivity index (χ1n) is 8.14. The zero-order valence-electron chi connectivity index (χ0n) is 14.5. The highest BCUT2D eigenvalue weighted by molar-refractivity contribution is 5.97. The van der Waals surface area contributed by atoms with Gasteiger partial charge in [0.1, 0.15) is 0 Å². The summed E-state index contributed by atoms with van der Waals surface area (Å²) in [6.07, 6.45) is 1.51. The van der Waals surface area contributed by atoms with Crippen LogP contribution in [0.4, 0.5) is 0 Å². The van der Waals surface area contributed by atoms with Crippen LogP contribution < -0.4 is 0 Å². The number of carbonyl (C=O) groups is 2. The summed E-state index contributed by atoms with van der Waals surface area (Å²) in [6, 6.07) is 5.08. The van der Waals surface area contributed by atoms with E-state index in [-0.39, 0.29) is 19.1 Å². The Bertz CT molecular complexity index is 828. The molecular weight excluding hydrogens is 322 g/mol. The van der Waals surface area contributed by atoms with Gasteiger partial charge in [-0.1, -0.05) is 12.1 Å². The van der Waals surface area contributed by atoms with E-state index >= 15 is 0 Å². The van der Waals surface area contributed by atoms with Crippen molar-refractivity contribution in [3.05, 3.63) is 46.8 Å². The first-order valence-corrected chi connectivity index (χ1v) is 8.14. The fraction of sp³-hybridized carbons (Fsp3) is 0.389. The second-order valence-electron chi connectivity index (χ2n) is 6.27. The molecule has 0 aliphatic carbocycles. The first kappa shape index (κ1) is 17.2. The molecule has 0 bridgehead atoms. The molecule has 1 aliphatic heterocycles. The summed E-state index contributed by atoms with van der Waals surface area (Å²) in [4.78, 5) is 25.6. The van der Waals surface area contributed by atoms with Gasteiger partial charge in [0, 0.05) is 6.54 Å². The summed E-state index contributed by atoms with van der Waals surface area (Å²) >= 11 is 0. The van der Waals surface area contributed by atoms with Gasteiger partial charge in [-0.05, 0) is 38.0 Å². The number of amides is 1. The van der Waals surface area contributed by atoms with Crippen LogP contribution in [0.1, 0.15) is 27.2 Å². The van der Waals surface area contributed by atoms with Gasteiger partial charge in [0.05, 0.1) is 36.4 Å². The predicted octanol–water partition coefficient (Wildman–Crippen LogP) is 1.72. The number of aromatic nitrogens is 2. The van der Waals surface area contributed by atoms with E-state index in [1.165, 1.54) is 11.1 Å². The van der Waals surface area contributed by atoms with Crippen LogP contribution in [0.2, 0.25) is 0 Å². The Morgan fingerprint density at radius 1 is 1.28 bits per heavy atom. The van der Waals surface area contributed by atoms with E-state index in [0.29, 0.717) is 17.9 Å². The number of aryl methyl sites for hydroxylation is 2. The van der Waals surface area contributed by atoms with Gasteiger partial charge in [-0.2, -0.15) is 5.10 Å². The molecule has 1 unspecified atom stereocenters. The molecule has 3 rings (SSSR count). The molecule has 0 radical (unpaired) electrons. The number of benzene rings is 1. The Kier molecular flexibility index (Phi) is 4.59. The fourth-order valence-electron chi connectivity index (χ4n) is 3.02. The van der Waals surface area contributed by atoms with Gasteiger partial charge in [0.15, 0.2) is 6.04 Å². The topological polar surface area (TPSA) is 84.7 Å². The van der Waals surface area contributed by atoms with Gasteiger partial charge in [-0.25, -0.2) is 9.48 Å². The highest BCUT2D eigenvalue weighted by Crippen LogP contribution is 2.21. The molecule has 1 aromatic carbocycles. The van der Waals surface area contributed by atoms with Gasteiger partial charge >= 0.3 is 5.97 Å². The second-order valence-corrected chi connectivity index (χ2v) is 6.27. The highest BCUT2D eigenvalue weighted by atomic mass is 16.5. The van der Waals surface area contributed by atoms with E-state index in [9.17, 15) is 14.7 Å². The molecule has 1 fully saturated rings. The molecule has 1 amide bonds. The van der Waals surface area contributed by atoms with E-state index in [0.717, 1.165) is 16.8 Å². The average molecular weight is 343 g/mol. The van der Waals surface area contributed by atoms with Crippen molar-refractivity contribution in [3.63, 3.8) is 0 Å². The van der Waals surface area contributed by atoms with E-state index < -0.39 is 12.0 Å². The van der Waals surface area contributed by atoms with Crippen LogP contribution in [0.3, 0.4) is 0 Å². The number of carboxylic acids is 1. The fourth-order valence-corrected chi connectivity index (χ4v) is 3.02. The Balaban J connectivity index is 1.96. The van der Waals surface area contributed by atoms with Gasteiger partial charge in [0.25, 0.3) is 5.91 Å². The third-order valence-electron chi connectivity index (χ3n) is 4.51. The number of ether oxygens (including phenoxy) is 1. The van der Waals surface area contributed by atoms with E-state index in [1.807, 2.05) is 39.0 Å². The Labute approximate surface area is 145 Å². The summed E-state index contributed by atoms with van der Waals surface area (Å²) in [7, 11) is 0. The Morgan fingerprint density at radius 2 is 2.04 bits per heavy atom. The van der Waals surface area contributed by atoms with Crippen molar-refractivity contribution in [1.82, 2.24) is 14.7 Å². The van der Waals surface area contributed by atoms with E-state index in [2.05, 4.69) is 5.10 Å². The largest absolute Gasteiger partial charge is 0.480 e. The number of morpholine rings is 1. The van der Waals surface area contributed by atoms with Crippen LogP contribution in [0.15, 0.2) is 24.4 Å². The van der Waals surface area contributed by atoms with Crippen molar-refractivity contribution in [2.45, 2.75) is 26.8 Å². The molecule has 25 heavy (non-hydrogen) atoms. The number of aliphatic carboxylic acids is 1. The van der Waals surface area contributed by atoms with Crippen molar-refractivity contribution < 1.29 is 19.4 Å². The zero-order valence-corrected chi connectivity index (χ0v) is 14.5. The van der Waals surface area contributed by atoms with Gasteiger partial charge < -0.3 is 14.7 Å². The van der Waals surface area contributed by atoms with Crippen molar-refractivity contribution in [3.8, 4) is 5.69 Å². The van der Waals surface area contributed by atoms with Crippen LogP contribution in [0, 0.1) is 20.8 Å². The van der Waals surface area contributed by atoms with Crippen LogP contribution in [0.25, 0.3) is 5.69 Å². The number of carbonyl (C=O) groups excluding carboxylic acids is 1. The van der Waals surface area contributed by atoms with Crippen molar-refractivity contribution >= 4 is 11.9 Å². The lowest BCUT2D eigenvalue weighted by atomic mass is 10.1. The molecule has 7 heteroatoms. The zero-order chi connectivity index (χ0) is 18.1. The standard InChI is InChI=1S/C18H21N3O4/c1-11-4-5-12(2)15(8-11)21-13(3)14(9-19-21)17(22)20-6-7-25-10-16(20)18(23)24/h4-5,8-9,16H,6-7,10H2,1-3H3,(H,23,24). The Hall–Kier alpha value is -2.67. The maximum Gasteiger partial charge on any atom is 0.328 e. The lowest BCUT2D eigenvalue weighted by Crippen LogP contribution is -2.52. The molecule has 1 atom stereocenters. The number of hydrogen-bond donors (Lipinski definition) is 1. The average Bonchev–Trinajstić information content (AvgIpc) is 2.97. The molecule has 7 nitrogen and oxygen atoms in total. The molecule has 2 aromatic rings.